The molecule has 0 saturated heterocycles. The summed E-state index contributed by atoms with van der Waals surface area (Å²) in [6.45, 7) is 4.64. The summed E-state index contributed by atoms with van der Waals surface area (Å²) in [4.78, 5) is 26.5. The fourth-order valence-corrected chi connectivity index (χ4v) is 2.82. The van der Waals surface area contributed by atoms with Crippen LogP contribution in [0.5, 0.6) is 0 Å². The van der Waals surface area contributed by atoms with Gasteiger partial charge in [0.05, 0.1) is 5.39 Å². The topological polar surface area (TPSA) is 54.9 Å². The Morgan fingerprint density at radius 1 is 1.44 bits per heavy atom. The van der Waals surface area contributed by atoms with Crippen molar-refractivity contribution in [1.29, 1.82) is 0 Å². The van der Waals surface area contributed by atoms with Crippen molar-refractivity contribution in [2.45, 2.75) is 33.2 Å². The number of hydrogen-bond acceptors (Lipinski definition) is 3. The van der Waals surface area contributed by atoms with Crippen LogP contribution < -0.4 is 11.2 Å². The number of hydrogen-bond donors (Lipinski definition) is 1. The molecule has 0 unspecified atom stereocenters. The van der Waals surface area contributed by atoms with Crippen molar-refractivity contribution in [3.05, 3.63) is 31.8 Å². The molecule has 2 rings (SSSR count). The van der Waals surface area contributed by atoms with Gasteiger partial charge in [-0.05, 0) is 24.3 Å². The van der Waals surface area contributed by atoms with Crippen molar-refractivity contribution >= 4 is 21.6 Å². The first kappa shape index (κ1) is 11.1. The average Bonchev–Trinajstić information content (AvgIpc) is 2.61. The van der Waals surface area contributed by atoms with Crippen molar-refractivity contribution in [2.24, 2.45) is 0 Å². The van der Waals surface area contributed by atoms with Gasteiger partial charge in [0.1, 0.15) is 4.83 Å². The summed E-state index contributed by atoms with van der Waals surface area (Å²) < 4.78 is 1.66. The van der Waals surface area contributed by atoms with Gasteiger partial charge in [-0.2, -0.15) is 0 Å². The van der Waals surface area contributed by atoms with Gasteiger partial charge in [0.2, 0.25) is 0 Å². The molecule has 0 fully saturated rings. The van der Waals surface area contributed by atoms with E-state index in [9.17, 15) is 9.59 Å². The molecule has 0 bridgehead atoms. The van der Waals surface area contributed by atoms with Crippen LogP contribution in [0.15, 0.2) is 15.0 Å². The van der Waals surface area contributed by atoms with Crippen molar-refractivity contribution in [3.63, 3.8) is 0 Å². The van der Waals surface area contributed by atoms with E-state index >= 15 is 0 Å². The fraction of sp³-hybridized carbons (Fsp3) is 0.455. The van der Waals surface area contributed by atoms with E-state index in [-0.39, 0.29) is 11.2 Å². The van der Waals surface area contributed by atoms with Crippen LogP contribution >= 0.6 is 11.3 Å². The molecule has 2 aromatic heterocycles. The van der Waals surface area contributed by atoms with E-state index < -0.39 is 0 Å². The van der Waals surface area contributed by atoms with Crippen LogP contribution in [0.1, 0.15) is 25.3 Å². The van der Waals surface area contributed by atoms with Crippen LogP contribution in [0.3, 0.4) is 0 Å². The molecule has 5 heteroatoms. The highest BCUT2D eigenvalue weighted by Crippen LogP contribution is 2.20. The summed E-state index contributed by atoms with van der Waals surface area (Å²) in [5, 5.41) is 2.57. The molecule has 0 saturated carbocycles. The predicted octanol–water partition coefficient (Wildman–Crippen LogP) is 1.86. The zero-order valence-corrected chi connectivity index (χ0v) is 10.2. The molecular weight excluding hydrogens is 224 g/mol. The second-order valence-corrected chi connectivity index (χ2v) is 4.72. The normalized spacial score (nSPS) is 11.1. The standard InChI is InChI=1S/C11H14N2O2S/c1-3-4-5-13-10-8(7(2)6-16-10)9(14)12-11(13)15/h6H,3-5H2,1-2H3,(H,12,14,15). The van der Waals surface area contributed by atoms with Crippen LogP contribution in [0.4, 0.5) is 0 Å². The lowest BCUT2D eigenvalue weighted by atomic mass is 10.2. The molecule has 0 aliphatic carbocycles. The van der Waals surface area contributed by atoms with Crippen LogP contribution in [0.2, 0.25) is 0 Å². The second kappa shape index (κ2) is 4.25. The summed E-state index contributed by atoms with van der Waals surface area (Å²) in [5.41, 5.74) is 0.366. The number of H-pyrrole nitrogens is 1. The molecule has 2 heterocycles. The Bertz CT molecular complexity index is 621. The van der Waals surface area contributed by atoms with E-state index in [0.29, 0.717) is 11.9 Å². The molecule has 0 atom stereocenters. The minimum Gasteiger partial charge on any atom is -0.285 e. The third-order valence-corrected chi connectivity index (χ3v) is 3.75. The van der Waals surface area contributed by atoms with Crippen LogP contribution in [-0.4, -0.2) is 9.55 Å². The van der Waals surface area contributed by atoms with Gasteiger partial charge in [0.15, 0.2) is 0 Å². The first-order chi connectivity index (χ1) is 7.65. The van der Waals surface area contributed by atoms with Gasteiger partial charge in [-0.1, -0.05) is 13.3 Å². The molecule has 16 heavy (non-hydrogen) atoms. The Morgan fingerprint density at radius 3 is 2.88 bits per heavy atom. The van der Waals surface area contributed by atoms with Gasteiger partial charge >= 0.3 is 5.69 Å². The van der Waals surface area contributed by atoms with Gasteiger partial charge in [-0.15, -0.1) is 11.3 Å². The minimum atomic E-state index is -0.298. The molecule has 0 amide bonds. The highest BCUT2D eigenvalue weighted by Gasteiger charge is 2.10. The first-order valence-electron chi connectivity index (χ1n) is 5.36. The highest BCUT2D eigenvalue weighted by molar-refractivity contribution is 7.17. The van der Waals surface area contributed by atoms with Crippen LogP contribution in [0, 0.1) is 6.92 Å². The van der Waals surface area contributed by atoms with Gasteiger partial charge in [-0.25, -0.2) is 4.79 Å². The maximum absolute atomic E-state index is 11.7. The van der Waals surface area contributed by atoms with Gasteiger partial charge in [0.25, 0.3) is 5.56 Å². The first-order valence-corrected chi connectivity index (χ1v) is 6.24. The van der Waals surface area contributed by atoms with Gasteiger partial charge < -0.3 is 0 Å². The molecule has 1 N–H and O–H groups in total. The Hall–Kier alpha value is -1.36. The highest BCUT2D eigenvalue weighted by atomic mass is 32.1. The Morgan fingerprint density at radius 2 is 2.19 bits per heavy atom. The molecule has 0 aromatic carbocycles. The molecule has 86 valence electrons. The Labute approximate surface area is 96.6 Å². The fourth-order valence-electron chi connectivity index (χ4n) is 1.74. The molecule has 0 spiro atoms. The lowest BCUT2D eigenvalue weighted by Crippen LogP contribution is -2.29. The number of aromatic nitrogens is 2. The summed E-state index contributed by atoms with van der Waals surface area (Å²) in [6, 6.07) is 0. The largest absolute Gasteiger partial charge is 0.329 e. The number of nitrogens with one attached hydrogen (secondary N) is 1. The van der Waals surface area contributed by atoms with E-state index in [0.717, 1.165) is 23.2 Å². The molecule has 2 aromatic rings. The SMILES string of the molecule is CCCCn1c(=O)[nH]c(=O)c2c(C)csc21. The lowest BCUT2D eigenvalue weighted by Gasteiger charge is -2.05. The zero-order chi connectivity index (χ0) is 11.7. The summed E-state index contributed by atoms with van der Waals surface area (Å²) in [7, 11) is 0. The Balaban J connectivity index is 2.72. The summed E-state index contributed by atoms with van der Waals surface area (Å²) >= 11 is 1.46. The molecule has 0 radical (unpaired) electrons. The monoisotopic (exact) mass is 238 g/mol. The van der Waals surface area contributed by atoms with Crippen molar-refractivity contribution in [2.75, 3.05) is 0 Å². The molecular formula is C11H14N2O2S. The average molecular weight is 238 g/mol. The third kappa shape index (κ3) is 1.71. The van der Waals surface area contributed by atoms with Crippen LogP contribution in [-0.2, 0) is 6.54 Å². The van der Waals surface area contributed by atoms with E-state index in [2.05, 4.69) is 11.9 Å². The number of rotatable bonds is 3. The molecule has 0 aliphatic rings. The smallest absolute Gasteiger partial charge is 0.285 e. The summed E-state index contributed by atoms with van der Waals surface area (Å²) in [6.07, 6.45) is 1.97. The van der Waals surface area contributed by atoms with E-state index in [1.165, 1.54) is 11.3 Å². The van der Waals surface area contributed by atoms with E-state index in [1.54, 1.807) is 4.57 Å². The summed E-state index contributed by atoms with van der Waals surface area (Å²) in [5.74, 6) is 0. The lowest BCUT2D eigenvalue weighted by molar-refractivity contribution is 0.620. The van der Waals surface area contributed by atoms with Crippen molar-refractivity contribution in [1.82, 2.24) is 9.55 Å². The third-order valence-electron chi connectivity index (χ3n) is 2.63. The quantitative estimate of drug-likeness (QED) is 0.887. The van der Waals surface area contributed by atoms with E-state index in [4.69, 9.17) is 0 Å². The van der Waals surface area contributed by atoms with Gasteiger partial charge in [-0.3, -0.25) is 14.3 Å². The van der Waals surface area contributed by atoms with E-state index in [1.807, 2.05) is 12.3 Å². The van der Waals surface area contributed by atoms with Crippen molar-refractivity contribution in [3.8, 4) is 0 Å². The molecule has 4 nitrogen and oxygen atoms in total. The number of nitrogens with zero attached hydrogens (tertiary/aromatic N) is 1. The predicted molar refractivity (Wildman–Crippen MR) is 66.4 cm³/mol. The number of aryl methyl sites for hydroxylation is 2. The van der Waals surface area contributed by atoms with Gasteiger partial charge in [0, 0.05) is 6.54 Å². The number of thiophene rings is 1. The number of fused-ring (bicyclic) bond motifs is 1. The zero-order valence-electron chi connectivity index (χ0n) is 9.37. The maximum atomic E-state index is 11.7. The number of aromatic amines is 1. The molecule has 0 aliphatic heterocycles. The van der Waals surface area contributed by atoms with Crippen LogP contribution in [0.25, 0.3) is 10.2 Å². The number of unbranched alkanes of at least 4 members (excludes halogenated alkanes) is 1. The Kier molecular flexibility index (Phi) is 2.96. The van der Waals surface area contributed by atoms with Crippen molar-refractivity contribution < 1.29 is 0 Å². The second-order valence-electron chi connectivity index (χ2n) is 3.86. The maximum Gasteiger partial charge on any atom is 0.329 e. The minimum absolute atomic E-state index is 0.272.